The lowest BCUT2D eigenvalue weighted by Crippen LogP contribution is -2.62. The minimum atomic E-state index is -2.29. The van der Waals surface area contributed by atoms with Gasteiger partial charge < -0.3 is 18.6 Å². The first-order valence-corrected chi connectivity index (χ1v) is 17.8. The molecule has 1 heterocycles. The van der Waals surface area contributed by atoms with Crippen molar-refractivity contribution in [3.05, 3.63) is 113 Å². The first kappa shape index (κ1) is 31.3. The van der Waals surface area contributed by atoms with Crippen molar-refractivity contribution in [3.63, 3.8) is 0 Å². The van der Waals surface area contributed by atoms with E-state index in [1.54, 1.807) is 0 Å². The van der Waals surface area contributed by atoms with E-state index in [2.05, 4.69) is 43.9 Å². The summed E-state index contributed by atoms with van der Waals surface area (Å²) in [6.07, 6.45) is -1.46. The van der Waals surface area contributed by atoms with Crippen LogP contribution in [0.15, 0.2) is 101 Å². The Kier molecular flexibility index (Phi) is 11.1. The molecule has 0 aromatic heterocycles. The van der Waals surface area contributed by atoms with E-state index < -0.39 is 38.1 Å². The van der Waals surface area contributed by atoms with Gasteiger partial charge in [0, 0.05) is 9.81 Å². The van der Waals surface area contributed by atoms with Crippen LogP contribution in [0, 0.1) is 0 Å². The van der Waals surface area contributed by atoms with Crippen molar-refractivity contribution in [2.24, 2.45) is 5.11 Å². The van der Waals surface area contributed by atoms with Gasteiger partial charge in [0.1, 0.15) is 23.7 Å². The minimum absolute atomic E-state index is 0.0456. The molecular weight excluding hydrogens is 551 g/mol. The van der Waals surface area contributed by atoms with Gasteiger partial charge >= 0.3 is 0 Å². The van der Waals surface area contributed by atoms with Crippen molar-refractivity contribution in [2.45, 2.75) is 86.8 Å². The number of azide groups is 1. The number of hydrogen-bond donors (Lipinski definition) is 0. The number of rotatable bonds is 12. The van der Waals surface area contributed by atoms with Crippen LogP contribution in [0.4, 0.5) is 0 Å². The average molecular weight is 592 g/mol. The van der Waals surface area contributed by atoms with E-state index in [0.29, 0.717) is 19.8 Å². The summed E-state index contributed by atoms with van der Waals surface area (Å²) in [5.74, 6) is 0. The Bertz CT molecular complexity index is 1250. The summed E-state index contributed by atoms with van der Waals surface area (Å²) in [6.45, 7) is 12.2. The molecule has 0 N–H and O–H groups in total. The van der Waals surface area contributed by atoms with Gasteiger partial charge in [-0.2, -0.15) is 0 Å². The van der Waals surface area contributed by atoms with Crippen LogP contribution in [0.5, 0.6) is 0 Å². The molecule has 9 heteroatoms. The molecule has 3 aromatic carbocycles. The molecule has 0 aliphatic carbocycles. The normalized spacial score (nSPS) is 23.1. The first-order valence-electron chi connectivity index (χ1n) is 14.0. The van der Waals surface area contributed by atoms with E-state index in [1.165, 1.54) is 11.8 Å². The first-order chi connectivity index (χ1) is 19.7. The Morgan fingerprint density at radius 2 is 1.41 bits per heavy atom. The van der Waals surface area contributed by atoms with E-state index >= 15 is 0 Å². The Morgan fingerprint density at radius 1 is 0.854 bits per heavy atom. The predicted molar refractivity (Wildman–Crippen MR) is 167 cm³/mol. The van der Waals surface area contributed by atoms with E-state index in [9.17, 15) is 5.53 Å². The molecule has 3 aromatic rings. The Hall–Kier alpha value is -2.62. The molecule has 5 atom stereocenters. The zero-order chi connectivity index (χ0) is 29.3. The van der Waals surface area contributed by atoms with Crippen molar-refractivity contribution in [1.29, 1.82) is 0 Å². The van der Waals surface area contributed by atoms with Crippen LogP contribution in [0.3, 0.4) is 0 Å². The van der Waals surface area contributed by atoms with Crippen molar-refractivity contribution >= 4 is 20.1 Å². The second-order valence-electron chi connectivity index (χ2n) is 11.8. The molecule has 0 unspecified atom stereocenters. The van der Waals surface area contributed by atoms with Gasteiger partial charge in [-0.1, -0.05) is 117 Å². The van der Waals surface area contributed by atoms with Crippen LogP contribution >= 0.6 is 11.8 Å². The molecule has 1 aliphatic heterocycles. The fourth-order valence-electron chi connectivity index (χ4n) is 4.42. The molecule has 1 aliphatic rings. The van der Waals surface area contributed by atoms with Gasteiger partial charge in [-0.05, 0) is 46.9 Å². The van der Waals surface area contributed by atoms with Gasteiger partial charge in [-0.15, -0.1) is 0 Å². The summed E-state index contributed by atoms with van der Waals surface area (Å²) in [5.41, 5.74) is 11.3. The molecule has 0 spiro atoms. The molecule has 0 radical (unpaired) electrons. The number of nitrogens with zero attached hydrogens (tertiary/aromatic N) is 3. The number of thioether (sulfide) groups is 1. The molecule has 1 saturated heterocycles. The second kappa shape index (κ2) is 14.5. The highest BCUT2D eigenvalue weighted by molar-refractivity contribution is 7.99. The van der Waals surface area contributed by atoms with E-state index in [0.717, 1.165) is 16.0 Å². The van der Waals surface area contributed by atoms with Crippen molar-refractivity contribution in [3.8, 4) is 0 Å². The third-order valence-electron chi connectivity index (χ3n) is 7.71. The molecule has 0 saturated carbocycles. The van der Waals surface area contributed by atoms with Crippen LogP contribution in [0.25, 0.3) is 10.4 Å². The average Bonchev–Trinajstić information content (AvgIpc) is 2.95. The molecular formula is C32H41N3O4SSi. The third-order valence-corrected chi connectivity index (χ3v) is 13.4. The summed E-state index contributed by atoms with van der Waals surface area (Å²) in [5, 5.41) is 4.22. The van der Waals surface area contributed by atoms with Crippen molar-refractivity contribution in [2.75, 3.05) is 6.61 Å². The van der Waals surface area contributed by atoms with Crippen LogP contribution in [-0.2, 0) is 31.9 Å². The third kappa shape index (κ3) is 8.69. The van der Waals surface area contributed by atoms with E-state index in [-0.39, 0.29) is 5.04 Å². The van der Waals surface area contributed by atoms with Crippen LogP contribution in [0.2, 0.25) is 18.1 Å². The summed E-state index contributed by atoms with van der Waals surface area (Å²) in [4.78, 5) is 4.26. The summed E-state index contributed by atoms with van der Waals surface area (Å²) in [7, 11) is -2.29. The highest BCUT2D eigenvalue weighted by atomic mass is 32.2. The lowest BCUT2D eigenvalue weighted by Gasteiger charge is -2.49. The molecule has 1 fully saturated rings. The number of ether oxygens (including phenoxy) is 3. The molecule has 218 valence electrons. The maximum absolute atomic E-state index is 9.67. The molecule has 7 nitrogen and oxygen atoms in total. The SMILES string of the molecule is CC(C)(C)[Si](C)(C)O[C@H]1[C@H](OCc2ccccc2)[C@@H](N=[N+]=[N-])[C@H](Sc2ccccc2)O[C@@H]1COCc1ccccc1. The fourth-order valence-corrected chi connectivity index (χ4v) is 6.87. The Labute approximate surface area is 249 Å². The van der Waals surface area contributed by atoms with E-state index in [4.69, 9.17) is 18.6 Å². The molecule has 0 bridgehead atoms. The molecule has 0 amide bonds. The van der Waals surface area contributed by atoms with Gasteiger partial charge in [0.05, 0.1) is 25.9 Å². The van der Waals surface area contributed by atoms with Crippen LogP contribution < -0.4 is 0 Å². The lowest BCUT2D eigenvalue weighted by molar-refractivity contribution is -0.186. The summed E-state index contributed by atoms with van der Waals surface area (Å²) < 4.78 is 26.7. The second-order valence-corrected chi connectivity index (χ2v) is 17.7. The minimum Gasteiger partial charge on any atom is -0.409 e. The highest BCUT2D eigenvalue weighted by Crippen LogP contribution is 2.42. The smallest absolute Gasteiger partial charge is 0.192 e. The highest BCUT2D eigenvalue weighted by Gasteiger charge is 2.51. The largest absolute Gasteiger partial charge is 0.409 e. The van der Waals surface area contributed by atoms with Gasteiger partial charge in [0.2, 0.25) is 0 Å². The zero-order valence-corrected chi connectivity index (χ0v) is 26.4. The van der Waals surface area contributed by atoms with Gasteiger partial charge in [-0.3, -0.25) is 0 Å². The number of benzene rings is 3. The van der Waals surface area contributed by atoms with Gasteiger partial charge in [0.25, 0.3) is 0 Å². The fraction of sp³-hybridized carbons (Fsp3) is 0.438. The zero-order valence-electron chi connectivity index (χ0n) is 24.6. The Balaban J connectivity index is 1.68. The standard InChI is InChI=1S/C32H41N3O4SSi/c1-32(2,3)41(4,5)39-29-27(23-36-21-24-15-9-6-10-16-24)38-31(40-26-19-13-8-14-20-26)28(34-35-33)30(29)37-22-25-17-11-7-12-18-25/h6-20,27-31H,21-23H2,1-5H3/t27-,28-,29-,30-,31+/m1/s1. The van der Waals surface area contributed by atoms with Gasteiger partial charge in [-0.25, -0.2) is 0 Å². The summed E-state index contributed by atoms with van der Waals surface area (Å²) >= 11 is 1.53. The van der Waals surface area contributed by atoms with E-state index in [1.807, 2.05) is 91.0 Å². The van der Waals surface area contributed by atoms with Crippen molar-refractivity contribution < 1.29 is 18.6 Å². The monoisotopic (exact) mass is 591 g/mol. The molecule has 41 heavy (non-hydrogen) atoms. The van der Waals surface area contributed by atoms with Crippen LogP contribution in [-0.4, -0.2) is 44.7 Å². The quantitative estimate of drug-likeness (QED) is 0.0914. The molecule has 4 rings (SSSR count). The predicted octanol–water partition coefficient (Wildman–Crippen LogP) is 8.38. The maximum atomic E-state index is 9.67. The van der Waals surface area contributed by atoms with Gasteiger partial charge in [0.15, 0.2) is 8.32 Å². The lowest BCUT2D eigenvalue weighted by atomic mass is 9.98. The topological polar surface area (TPSA) is 85.7 Å². The number of hydrogen-bond acceptors (Lipinski definition) is 6. The Morgan fingerprint density at radius 3 is 1.98 bits per heavy atom. The maximum Gasteiger partial charge on any atom is 0.192 e. The van der Waals surface area contributed by atoms with Crippen LogP contribution in [0.1, 0.15) is 31.9 Å². The van der Waals surface area contributed by atoms with Crippen molar-refractivity contribution in [1.82, 2.24) is 0 Å². The summed E-state index contributed by atoms with van der Waals surface area (Å²) in [6, 6.07) is 29.5.